The van der Waals surface area contributed by atoms with Crippen molar-refractivity contribution < 1.29 is 13.9 Å². The van der Waals surface area contributed by atoms with Gasteiger partial charge in [-0.15, -0.1) is 0 Å². The first-order chi connectivity index (χ1) is 9.24. The van der Waals surface area contributed by atoms with Crippen LogP contribution in [0.15, 0.2) is 36.5 Å². The first-order valence-corrected chi connectivity index (χ1v) is 5.83. The van der Waals surface area contributed by atoms with Crippen LogP contribution in [0.1, 0.15) is 11.1 Å². The van der Waals surface area contributed by atoms with Crippen molar-refractivity contribution in [2.75, 3.05) is 7.11 Å². The number of methoxy groups -OCH3 is 1. The summed E-state index contributed by atoms with van der Waals surface area (Å²) in [5.74, 6) is 0.232. The summed E-state index contributed by atoms with van der Waals surface area (Å²) in [6.07, 6.45) is 1.48. The number of aromatic nitrogens is 1. The second kappa shape index (κ2) is 6.15. The molecule has 0 atom stereocenters. The summed E-state index contributed by atoms with van der Waals surface area (Å²) in [6.45, 7) is 0.356. The molecule has 0 unspecified atom stereocenters. The van der Waals surface area contributed by atoms with Gasteiger partial charge in [-0.1, -0.05) is 12.1 Å². The highest BCUT2D eigenvalue weighted by Gasteiger charge is 2.09. The molecule has 1 heterocycles. The highest BCUT2D eigenvalue weighted by atomic mass is 19.1. The first kappa shape index (κ1) is 13.3. The lowest BCUT2D eigenvalue weighted by Crippen LogP contribution is -2.05. The van der Waals surface area contributed by atoms with Crippen molar-refractivity contribution in [2.24, 2.45) is 5.73 Å². The minimum absolute atomic E-state index is 0.0289. The van der Waals surface area contributed by atoms with Gasteiger partial charge in [-0.3, -0.25) is 0 Å². The van der Waals surface area contributed by atoms with E-state index in [9.17, 15) is 4.39 Å². The highest BCUT2D eigenvalue weighted by molar-refractivity contribution is 5.28. The van der Waals surface area contributed by atoms with E-state index in [0.29, 0.717) is 5.56 Å². The minimum atomic E-state index is -0.501. The zero-order valence-electron chi connectivity index (χ0n) is 10.6. The van der Waals surface area contributed by atoms with Crippen molar-refractivity contribution in [3.63, 3.8) is 0 Å². The van der Waals surface area contributed by atoms with Crippen LogP contribution in [0.4, 0.5) is 4.39 Å². The maximum Gasteiger partial charge on any atom is 0.251 e. The van der Waals surface area contributed by atoms with Crippen LogP contribution in [-0.4, -0.2) is 12.1 Å². The van der Waals surface area contributed by atoms with Crippen molar-refractivity contribution in [1.82, 2.24) is 4.98 Å². The third kappa shape index (κ3) is 3.20. The average Bonchev–Trinajstić information content (AvgIpc) is 2.47. The van der Waals surface area contributed by atoms with Gasteiger partial charge in [0.15, 0.2) is 5.82 Å². The fourth-order valence-electron chi connectivity index (χ4n) is 1.59. The molecule has 0 bridgehead atoms. The second-order valence-electron chi connectivity index (χ2n) is 3.93. The predicted octanol–water partition coefficient (Wildman–Crippen LogP) is 2.27. The van der Waals surface area contributed by atoms with Gasteiger partial charge < -0.3 is 15.2 Å². The monoisotopic (exact) mass is 262 g/mol. The quantitative estimate of drug-likeness (QED) is 0.898. The van der Waals surface area contributed by atoms with E-state index >= 15 is 0 Å². The van der Waals surface area contributed by atoms with Crippen molar-refractivity contribution in [3.05, 3.63) is 53.5 Å². The normalized spacial score (nSPS) is 10.3. The summed E-state index contributed by atoms with van der Waals surface area (Å²) >= 11 is 0. The largest absolute Gasteiger partial charge is 0.497 e. The molecular weight excluding hydrogens is 247 g/mol. The second-order valence-corrected chi connectivity index (χ2v) is 3.93. The van der Waals surface area contributed by atoms with Crippen LogP contribution in [0.25, 0.3) is 0 Å². The Balaban J connectivity index is 2.05. The van der Waals surface area contributed by atoms with Gasteiger partial charge in [0, 0.05) is 18.3 Å². The van der Waals surface area contributed by atoms with Gasteiger partial charge in [0.05, 0.1) is 7.11 Å². The van der Waals surface area contributed by atoms with Gasteiger partial charge in [0.2, 0.25) is 0 Å². The maximum absolute atomic E-state index is 13.8. The van der Waals surface area contributed by atoms with Crippen molar-refractivity contribution in [2.45, 2.75) is 13.2 Å². The Morgan fingerprint density at radius 2 is 1.95 bits per heavy atom. The van der Waals surface area contributed by atoms with Crippen LogP contribution in [0, 0.1) is 5.82 Å². The number of nitrogens with zero attached hydrogens (tertiary/aromatic N) is 1. The van der Waals surface area contributed by atoms with Gasteiger partial charge in [-0.2, -0.15) is 0 Å². The smallest absolute Gasteiger partial charge is 0.251 e. The summed E-state index contributed by atoms with van der Waals surface area (Å²) in [5, 5.41) is 0. The van der Waals surface area contributed by atoms with E-state index in [2.05, 4.69) is 4.98 Å². The molecule has 0 amide bonds. The SMILES string of the molecule is COc1ccc(COc2nccc(CN)c2F)cc1. The molecule has 0 aliphatic rings. The standard InChI is InChI=1S/C14H15FN2O2/c1-18-12-4-2-10(3-5-12)9-19-14-13(15)11(8-16)6-7-17-14/h2-7H,8-9,16H2,1H3. The molecule has 0 saturated carbocycles. The maximum atomic E-state index is 13.8. The zero-order valence-corrected chi connectivity index (χ0v) is 10.6. The molecule has 0 radical (unpaired) electrons. The molecule has 0 aliphatic carbocycles. The van der Waals surface area contributed by atoms with E-state index in [1.165, 1.54) is 12.3 Å². The van der Waals surface area contributed by atoms with E-state index in [4.69, 9.17) is 15.2 Å². The third-order valence-corrected chi connectivity index (χ3v) is 2.69. The molecule has 2 N–H and O–H groups in total. The molecule has 0 spiro atoms. The molecule has 2 aromatic rings. The lowest BCUT2D eigenvalue weighted by atomic mass is 10.2. The Labute approximate surface area is 111 Å². The van der Waals surface area contributed by atoms with Gasteiger partial charge in [0.1, 0.15) is 12.4 Å². The molecule has 0 saturated heterocycles. The number of benzene rings is 1. The van der Waals surface area contributed by atoms with E-state index in [1.807, 2.05) is 24.3 Å². The minimum Gasteiger partial charge on any atom is -0.497 e. The Morgan fingerprint density at radius 1 is 1.21 bits per heavy atom. The molecule has 2 rings (SSSR count). The van der Waals surface area contributed by atoms with Gasteiger partial charge in [0.25, 0.3) is 5.88 Å². The molecule has 0 fully saturated rings. The van der Waals surface area contributed by atoms with E-state index < -0.39 is 5.82 Å². The van der Waals surface area contributed by atoms with Crippen LogP contribution in [0.2, 0.25) is 0 Å². The third-order valence-electron chi connectivity index (χ3n) is 2.69. The molecule has 19 heavy (non-hydrogen) atoms. The Kier molecular flexibility index (Phi) is 4.30. The Bertz CT molecular complexity index is 544. The van der Waals surface area contributed by atoms with Crippen molar-refractivity contribution in [3.8, 4) is 11.6 Å². The average molecular weight is 262 g/mol. The van der Waals surface area contributed by atoms with Crippen LogP contribution < -0.4 is 15.2 Å². The molecule has 1 aromatic carbocycles. The van der Waals surface area contributed by atoms with Crippen LogP contribution >= 0.6 is 0 Å². The topological polar surface area (TPSA) is 57.4 Å². The van der Waals surface area contributed by atoms with E-state index in [0.717, 1.165) is 11.3 Å². The van der Waals surface area contributed by atoms with Gasteiger partial charge in [-0.25, -0.2) is 9.37 Å². The van der Waals surface area contributed by atoms with E-state index in [-0.39, 0.29) is 19.0 Å². The number of rotatable bonds is 5. The number of nitrogens with two attached hydrogens (primary N) is 1. The van der Waals surface area contributed by atoms with Crippen molar-refractivity contribution in [1.29, 1.82) is 0 Å². The lowest BCUT2D eigenvalue weighted by Gasteiger charge is -2.08. The fraction of sp³-hybridized carbons (Fsp3) is 0.214. The number of pyridine rings is 1. The Morgan fingerprint density at radius 3 is 2.58 bits per heavy atom. The van der Waals surface area contributed by atoms with Gasteiger partial charge >= 0.3 is 0 Å². The zero-order chi connectivity index (χ0) is 13.7. The molecule has 0 aliphatic heterocycles. The number of halogens is 1. The molecule has 4 nitrogen and oxygen atoms in total. The highest BCUT2D eigenvalue weighted by Crippen LogP contribution is 2.19. The van der Waals surface area contributed by atoms with Gasteiger partial charge in [-0.05, 0) is 23.8 Å². The molecule has 5 heteroatoms. The predicted molar refractivity (Wildman–Crippen MR) is 69.4 cm³/mol. The summed E-state index contributed by atoms with van der Waals surface area (Å²) < 4.78 is 24.2. The lowest BCUT2D eigenvalue weighted by molar-refractivity contribution is 0.276. The Hall–Kier alpha value is -2.14. The van der Waals surface area contributed by atoms with Crippen LogP contribution in [0.3, 0.4) is 0 Å². The van der Waals surface area contributed by atoms with Crippen LogP contribution in [0.5, 0.6) is 11.6 Å². The van der Waals surface area contributed by atoms with Crippen LogP contribution in [-0.2, 0) is 13.2 Å². The number of ether oxygens (including phenoxy) is 2. The summed E-state index contributed by atoms with van der Waals surface area (Å²) in [6, 6.07) is 8.88. The summed E-state index contributed by atoms with van der Waals surface area (Å²) in [7, 11) is 1.60. The molecular formula is C14H15FN2O2. The molecule has 1 aromatic heterocycles. The number of hydrogen-bond donors (Lipinski definition) is 1. The summed E-state index contributed by atoms with van der Waals surface area (Å²) in [4.78, 5) is 3.86. The summed E-state index contributed by atoms with van der Waals surface area (Å²) in [5.41, 5.74) is 6.71. The number of hydrogen-bond acceptors (Lipinski definition) is 4. The first-order valence-electron chi connectivity index (χ1n) is 5.83. The molecule has 100 valence electrons. The fourth-order valence-corrected chi connectivity index (χ4v) is 1.59. The van der Waals surface area contributed by atoms with E-state index in [1.54, 1.807) is 7.11 Å². The van der Waals surface area contributed by atoms with Crippen molar-refractivity contribution >= 4 is 0 Å².